The Morgan fingerprint density at radius 3 is 2.69 bits per heavy atom. The zero-order chi connectivity index (χ0) is 18.5. The number of hydrogen-bond donors (Lipinski definition) is 0. The highest BCUT2D eigenvalue weighted by Gasteiger charge is 2.26. The zero-order valence-electron chi connectivity index (χ0n) is 14.3. The van der Waals surface area contributed by atoms with Crippen molar-refractivity contribution in [3.8, 4) is 0 Å². The Hall–Kier alpha value is -2.45. The lowest BCUT2D eigenvalue weighted by molar-refractivity contribution is 0.0998. The minimum Gasteiger partial charge on any atom is -0.319 e. The van der Waals surface area contributed by atoms with Crippen molar-refractivity contribution in [3.63, 3.8) is 0 Å². The van der Waals surface area contributed by atoms with E-state index in [0.717, 1.165) is 15.8 Å². The molecule has 4 rings (SSSR count). The fourth-order valence-electron chi connectivity index (χ4n) is 3.19. The van der Waals surface area contributed by atoms with E-state index in [4.69, 9.17) is 0 Å². The molecular formula is C18H17N3O3S2. The molecule has 6 nitrogen and oxygen atoms in total. The Morgan fingerprint density at radius 1 is 1.19 bits per heavy atom. The van der Waals surface area contributed by atoms with Gasteiger partial charge in [0.15, 0.2) is 4.80 Å². The van der Waals surface area contributed by atoms with Crippen LogP contribution in [0.25, 0.3) is 10.2 Å². The highest BCUT2D eigenvalue weighted by Crippen LogP contribution is 2.30. The molecular weight excluding hydrogens is 370 g/mol. The molecule has 0 spiro atoms. The maximum absolute atomic E-state index is 12.6. The van der Waals surface area contributed by atoms with E-state index in [1.54, 1.807) is 18.2 Å². The number of sulfonamides is 1. The summed E-state index contributed by atoms with van der Waals surface area (Å²) >= 11 is 1.46. The molecule has 2 heterocycles. The number of carbonyl (C=O) groups is 1. The molecule has 1 aromatic heterocycles. The van der Waals surface area contributed by atoms with Crippen LogP contribution < -0.4 is 9.11 Å². The molecule has 3 aromatic rings. The molecule has 1 amide bonds. The van der Waals surface area contributed by atoms with Crippen molar-refractivity contribution >= 4 is 43.2 Å². The number of nitrogens with zero attached hydrogens (tertiary/aromatic N) is 3. The molecule has 26 heavy (non-hydrogen) atoms. The number of fused-ring (bicyclic) bond motifs is 2. The molecule has 0 fully saturated rings. The van der Waals surface area contributed by atoms with Crippen LogP contribution in [0.2, 0.25) is 0 Å². The van der Waals surface area contributed by atoms with Crippen LogP contribution in [0, 0.1) is 0 Å². The fourth-order valence-corrected chi connectivity index (χ4v) is 5.16. The van der Waals surface area contributed by atoms with Gasteiger partial charge in [-0.2, -0.15) is 4.99 Å². The Bertz CT molecular complexity index is 1210. The number of hydrogen-bond acceptors (Lipinski definition) is 4. The lowest BCUT2D eigenvalue weighted by atomic mass is 10.1. The summed E-state index contributed by atoms with van der Waals surface area (Å²) in [6, 6.07) is 13.0. The third-order valence-corrected chi connectivity index (χ3v) is 6.78. The minimum absolute atomic E-state index is 0.326. The molecule has 0 N–H and O–H groups in total. The van der Waals surface area contributed by atoms with Crippen LogP contribution in [0.1, 0.15) is 15.9 Å². The first-order valence-corrected chi connectivity index (χ1v) is 10.8. The van der Waals surface area contributed by atoms with Gasteiger partial charge in [0.2, 0.25) is 10.0 Å². The highest BCUT2D eigenvalue weighted by atomic mass is 32.2. The first kappa shape index (κ1) is 17.0. The average molecular weight is 387 g/mol. The van der Waals surface area contributed by atoms with Crippen LogP contribution in [0.5, 0.6) is 0 Å². The van der Waals surface area contributed by atoms with Crippen molar-refractivity contribution in [1.82, 2.24) is 4.57 Å². The van der Waals surface area contributed by atoms with E-state index in [2.05, 4.69) is 4.99 Å². The molecule has 0 bridgehead atoms. The average Bonchev–Trinajstić information content (AvgIpc) is 3.16. The van der Waals surface area contributed by atoms with Crippen LogP contribution >= 0.6 is 11.3 Å². The summed E-state index contributed by atoms with van der Waals surface area (Å²) in [5.41, 5.74) is 3.01. The standard InChI is InChI=1S/C18H17N3O3S2/c1-20-15-5-3-4-6-16(15)25-18(20)19-17(22)13-7-8-14-12(11-13)9-10-21(14)26(2,23)24/h3-8,11H,9-10H2,1-2H3. The van der Waals surface area contributed by atoms with Crippen molar-refractivity contribution in [2.45, 2.75) is 6.42 Å². The highest BCUT2D eigenvalue weighted by molar-refractivity contribution is 7.92. The molecule has 1 aliphatic rings. The predicted molar refractivity (Wildman–Crippen MR) is 103 cm³/mol. The molecule has 0 radical (unpaired) electrons. The molecule has 0 unspecified atom stereocenters. The van der Waals surface area contributed by atoms with Crippen molar-refractivity contribution in [1.29, 1.82) is 0 Å². The molecule has 134 valence electrons. The summed E-state index contributed by atoms with van der Waals surface area (Å²) in [6.07, 6.45) is 1.79. The quantitative estimate of drug-likeness (QED) is 0.677. The van der Waals surface area contributed by atoms with E-state index in [0.29, 0.717) is 29.0 Å². The van der Waals surface area contributed by atoms with Gasteiger partial charge < -0.3 is 4.57 Å². The van der Waals surface area contributed by atoms with Crippen molar-refractivity contribution in [2.24, 2.45) is 12.0 Å². The number of thiazole rings is 1. The lowest BCUT2D eigenvalue weighted by Gasteiger charge is -2.16. The third-order valence-electron chi connectivity index (χ3n) is 4.49. The van der Waals surface area contributed by atoms with Crippen LogP contribution in [-0.2, 0) is 23.5 Å². The summed E-state index contributed by atoms with van der Waals surface area (Å²) in [5, 5.41) is 0. The van der Waals surface area contributed by atoms with Gasteiger partial charge in [-0.25, -0.2) is 8.42 Å². The van der Waals surface area contributed by atoms with Gasteiger partial charge in [0, 0.05) is 19.2 Å². The number of rotatable bonds is 2. The van der Waals surface area contributed by atoms with E-state index in [1.807, 2.05) is 35.9 Å². The van der Waals surface area contributed by atoms with Gasteiger partial charge in [0.25, 0.3) is 5.91 Å². The van der Waals surface area contributed by atoms with Crippen LogP contribution in [0.3, 0.4) is 0 Å². The van der Waals surface area contributed by atoms with Crippen molar-refractivity contribution in [2.75, 3.05) is 17.1 Å². The Kier molecular flexibility index (Phi) is 3.96. The van der Waals surface area contributed by atoms with Gasteiger partial charge >= 0.3 is 0 Å². The Morgan fingerprint density at radius 2 is 1.96 bits per heavy atom. The summed E-state index contributed by atoms with van der Waals surface area (Å²) < 4.78 is 28.0. The number of benzene rings is 2. The molecule has 2 aromatic carbocycles. The molecule has 0 aliphatic carbocycles. The monoisotopic (exact) mass is 387 g/mol. The fraction of sp³-hybridized carbons (Fsp3) is 0.222. The molecule has 0 atom stereocenters. The van der Waals surface area contributed by atoms with Crippen LogP contribution in [-0.4, -0.2) is 31.7 Å². The summed E-state index contributed by atoms with van der Waals surface area (Å²) in [5.74, 6) is -0.326. The second-order valence-corrected chi connectivity index (χ2v) is 9.17. The van der Waals surface area contributed by atoms with Gasteiger partial charge in [-0.15, -0.1) is 0 Å². The van der Waals surface area contributed by atoms with Gasteiger partial charge in [-0.3, -0.25) is 9.10 Å². The molecule has 8 heteroatoms. The summed E-state index contributed by atoms with van der Waals surface area (Å²) in [4.78, 5) is 17.5. The number of amides is 1. The maximum Gasteiger partial charge on any atom is 0.279 e. The lowest BCUT2D eigenvalue weighted by Crippen LogP contribution is -2.27. The molecule has 0 saturated heterocycles. The molecule has 1 aliphatic heterocycles. The Labute approximate surface area is 155 Å². The van der Waals surface area contributed by atoms with Gasteiger partial charge in [0.05, 0.1) is 22.2 Å². The predicted octanol–water partition coefficient (Wildman–Crippen LogP) is 2.30. The summed E-state index contributed by atoms with van der Waals surface area (Å²) in [6.45, 7) is 0.411. The number of aryl methyl sites for hydroxylation is 1. The first-order valence-electron chi connectivity index (χ1n) is 8.09. The number of anilines is 1. The van der Waals surface area contributed by atoms with Gasteiger partial charge in [0.1, 0.15) is 0 Å². The van der Waals surface area contributed by atoms with E-state index in [1.165, 1.54) is 21.9 Å². The maximum atomic E-state index is 12.6. The second-order valence-electron chi connectivity index (χ2n) is 6.26. The summed E-state index contributed by atoms with van der Waals surface area (Å²) in [7, 11) is -1.41. The minimum atomic E-state index is -3.29. The Balaban J connectivity index is 1.72. The largest absolute Gasteiger partial charge is 0.319 e. The smallest absolute Gasteiger partial charge is 0.279 e. The normalized spacial score (nSPS) is 14.8. The van der Waals surface area contributed by atoms with E-state index in [-0.39, 0.29) is 5.91 Å². The van der Waals surface area contributed by atoms with Crippen molar-refractivity contribution in [3.05, 3.63) is 58.4 Å². The molecule has 0 saturated carbocycles. The number of aromatic nitrogens is 1. The number of carbonyl (C=O) groups excluding carboxylic acids is 1. The third kappa shape index (κ3) is 2.85. The van der Waals surface area contributed by atoms with Crippen molar-refractivity contribution < 1.29 is 13.2 Å². The van der Waals surface area contributed by atoms with Gasteiger partial charge in [-0.05, 0) is 42.3 Å². The van der Waals surface area contributed by atoms with Gasteiger partial charge in [-0.1, -0.05) is 23.5 Å². The van der Waals surface area contributed by atoms with Crippen LogP contribution in [0.15, 0.2) is 47.5 Å². The van der Waals surface area contributed by atoms with E-state index >= 15 is 0 Å². The zero-order valence-corrected chi connectivity index (χ0v) is 16.0. The second kappa shape index (κ2) is 6.07. The topological polar surface area (TPSA) is 71.7 Å². The first-order chi connectivity index (χ1) is 12.3. The van der Waals surface area contributed by atoms with E-state index < -0.39 is 10.0 Å². The van der Waals surface area contributed by atoms with Crippen LogP contribution in [0.4, 0.5) is 5.69 Å². The number of para-hydroxylation sites is 1. The SMILES string of the molecule is Cn1c(=NC(=O)c2ccc3c(c2)CCN3S(C)(=O)=O)sc2ccccc21. The van der Waals surface area contributed by atoms with E-state index in [9.17, 15) is 13.2 Å².